The van der Waals surface area contributed by atoms with Crippen molar-refractivity contribution >= 4 is 160 Å². The molecule has 0 saturated carbocycles. The normalized spacial score (nSPS) is 12.2. The molecule has 0 N–H and O–H groups in total. The van der Waals surface area contributed by atoms with Crippen molar-refractivity contribution < 1.29 is 13.3 Å². The highest BCUT2D eigenvalue weighted by Crippen LogP contribution is 2.47. The average molecular weight is 1020 g/mol. The van der Waals surface area contributed by atoms with E-state index in [4.69, 9.17) is 13.3 Å². The van der Waals surface area contributed by atoms with Crippen molar-refractivity contribution in [3.63, 3.8) is 0 Å². The lowest BCUT2D eigenvalue weighted by Crippen LogP contribution is -2.09. The molecule has 18 rings (SSSR count). The number of para-hydroxylation sites is 5. The summed E-state index contributed by atoms with van der Waals surface area (Å²) in [6.45, 7) is 0. The fourth-order valence-corrected chi connectivity index (χ4v) is 13.1. The highest BCUT2D eigenvalue weighted by atomic mass is 16.3. The first-order chi connectivity index (χ1) is 39.6. The minimum atomic E-state index is 0.860. The molecule has 0 bridgehead atoms. The molecule has 5 heterocycles. The lowest BCUT2D eigenvalue weighted by atomic mass is 9.96. The quantitative estimate of drug-likeness (QED) is 0.159. The Morgan fingerprint density at radius 3 is 1.14 bits per heavy atom. The van der Waals surface area contributed by atoms with E-state index in [2.05, 4.69) is 245 Å². The molecule has 6 heteroatoms. The van der Waals surface area contributed by atoms with Crippen molar-refractivity contribution in [2.75, 3.05) is 9.80 Å². The fourth-order valence-electron chi connectivity index (χ4n) is 13.1. The Balaban J connectivity index is 0.859. The molecule has 0 saturated heterocycles. The number of fused-ring (bicyclic) bond motifs is 17. The second-order valence-corrected chi connectivity index (χ2v) is 21.3. The Morgan fingerprint density at radius 2 is 0.625 bits per heavy atom. The van der Waals surface area contributed by atoms with Crippen LogP contribution in [0.3, 0.4) is 0 Å². The number of hydrogen-bond acceptors (Lipinski definition) is 5. The van der Waals surface area contributed by atoms with Gasteiger partial charge in [-0.05, 0) is 172 Å². The summed E-state index contributed by atoms with van der Waals surface area (Å²) >= 11 is 0. The molecule has 0 amide bonds. The summed E-state index contributed by atoms with van der Waals surface area (Å²) in [7, 11) is 0. The lowest BCUT2D eigenvalue weighted by molar-refractivity contribution is 0.668. The van der Waals surface area contributed by atoms with Crippen molar-refractivity contribution in [3.8, 4) is 11.1 Å². The molecule has 0 aliphatic heterocycles. The van der Waals surface area contributed by atoms with Crippen LogP contribution in [0.2, 0.25) is 0 Å². The Labute approximate surface area is 456 Å². The largest absolute Gasteiger partial charge is 0.456 e. The lowest BCUT2D eigenvalue weighted by Gasteiger charge is -2.25. The van der Waals surface area contributed by atoms with Crippen LogP contribution in [0.25, 0.3) is 137 Å². The molecule has 0 unspecified atom stereocenters. The van der Waals surface area contributed by atoms with Gasteiger partial charge in [-0.15, -0.1) is 0 Å². The fraction of sp³-hybridized carbons (Fsp3) is 0. The molecular weight excluding hydrogens is 979 g/mol. The molecule has 0 fully saturated rings. The molecule has 18 aromatic rings. The standard InChI is InChI=1S/C74H43N3O3/c1-3-13-50(14-4-1)75(54-28-30-59-56-17-7-10-20-68(56)79-72(59)42-54)52-26-23-44-35-61-64-38-49(46-25-32-71-63(37-46)58-19-9-12-22-70(58)78-71)39-65-62-36-45-24-27-53(34-48(45)41-67(62)77(74(64)65)66(61)40-47(44)33-52)76(51-15-5-2-6-16-51)55-29-31-60-57-18-8-11-21-69(57)80-73(60)43-55/h1-43H. The van der Waals surface area contributed by atoms with Crippen LogP contribution >= 0.6 is 0 Å². The monoisotopic (exact) mass is 1020 g/mol. The van der Waals surface area contributed by atoms with Crippen LogP contribution in [-0.4, -0.2) is 4.40 Å². The number of hydrogen-bond donors (Lipinski definition) is 0. The Bertz CT molecular complexity index is 5290. The number of nitrogens with zero attached hydrogens (tertiary/aromatic N) is 3. The first-order valence-corrected chi connectivity index (χ1v) is 27.2. The topological polar surface area (TPSA) is 50.3 Å². The van der Waals surface area contributed by atoms with E-state index in [1.165, 1.54) is 37.8 Å². The minimum absolute atomic E-state index is 0.860. The predicted molar refractivity (Wildman–Crippen MR) is 333 cm³/mol. The maximum absolute atomic E-state index is 6.46. The van der Waals surface area contributed by atoms with Gasteiger partial charge >= 0.3 is 0 Å². The van der Waals surface area contributed by atoms with Crippen molar-refractivity contribution in [2.24, 2.45) is 0 Å². The van der Waals surface area contributed by atoms with Gasteiger partial charge in [0.05, 0.1) is 16.6 Å². The molecule has 13 aromatic carbocycles. The van der Waals surface area contributed by atoms with Gasteiger partial charge < -0.3 is 27.5 Å². The van der Waals surface area contributed by atoms with E-state index in [9.17, 15) is 0 Å². The van der Waals surface area contributed by atoms with Gasteiger partial charge in [0.2, 0.25) is 0 Å². The van der Waals surface area contributed by atoms with Gasteiger partial charge in [-0.25, -0.2) is 0 Å². The Hall–Kier alpha value is -10.8. The van der Waals surface area contributed by atoms with Gasteiger partial charge in [0.15, 0.2) is 0 Å². The molecule has 5 aromatic heterocycles. The van der Waals surface area contributed by atoms with Crippen LogP contribution in [0.4, 0.5) is 34.1 Å². The molecule has 0 aliphatic carbocycles. The maximum Gasteiger partial charge on any atom is 0.137 e. The van der Waals surface area contributed by atoms with Crippen molar-refractivity contribution in [3.05, 3.63) is 261 Å². The number of aromatic nitrogens is 1. The van der Waals surface area contributed by atoms with Crippen LogP contribution in [0.15, 0.2) is 274 Å². The number of benzene rings is 13. The highest BCUT2D eigenvalue weighted by molar-refractivity contribution is 6.27. The van der Waals surface area contributed by atoms with E-state index in [1.54, 1.807) is 0 Å². The highest BCUT2D eigenvalue weighted by Gasteiger charge is 2.24. The molecule has 0 aliphatic rings. The van der Waals surface area contributed by atoms with Crippen molar-refractivity contribution in [1.29, 1.82) is 0 Å². The summed E-state index contributed by atoms with van der Waals surface area (Å²) in [6.07, 6.45) is 0. The number of furan rings is 3. The third kappa shape index (κ3) is 6.35. The van der Waals surface area contributed by atoms with Crippen LogP contribution in [0.5, 0.6) is 0 Å². The SMILES string of the molecule is c1ccc(N(c2ccc3cc4c5cc(-c6ccc7oc8ccccc8c7c6)cc6c7cc8ccc(N(c9ccccc9)c9ccc%10c(c9)oc9ccccc9%10)cc8cc7n(c4cc3c2)c56)c2ccc3c(c2)oc2ccccc23)cc1. The Kier molecular flexibility index (Phi) is 8.85. The zero-order valence-corrected chi connectivity index (χ0v) is 42.9. The number of rotatable bonds is 7. The van der Waals surface area contributed by atoms with Crippen molar-refractivity contribution in [1.82, 2.24) is 4.40 Å². The van der Waals surface area contributed by atoms with E-state index < -0.39 is 0 Å². The van der Waals surface area contributed by atoms with Gasteiger partial charge in [-0.3, -0.25) is 0 Å². The van der Waals surface area contributed by atoms with E-state index in [-0.39, 0.29) is 0 Å². The van der Waals surface area contributed by atoms with Crippen LogP contribution in [0.1, 0.15) is 0 Å². The summed E-state index contributed by atoms with van der Waals surface area (Å²) in [4.78, 5) is 4.67. The van der Waals surface area contributed by atoms with Gasteiger partial charge in [0.1, 0.15) is 33.5 Å². The number of anilines is 6. The summed E-state index contributed by atoms with van der Waals surface area (Å²) in [5.74, 6) is 0. The van der Waals surface area contributed by atoms with Crippen molar-refractivity contribution in [2.45, 2.75) is 0 Å². The zero-order chi connectivity index (χ0) is 52.2. The third-order valence-electron chi connectivity index (χ3n) is 16.8. The molecule has 6 nitrogen and oxygen atoms in total. The summed E-state index contributed by atoms with van der Waals surface area (Å²) in [5, 5.41) is 16.2. The zero-order valence-electron chi connectivity index (χ0n) is 42.9. The van der Waals surface area contributed by atoms with Gasteiger partial charge in [-0.2, -0.15) is 0 Å². The summed E-state index contributed by atoms with van der Waals surface area (Å²) in [6, 6.07) is 94.1. The second-order valence-electron chi connectivity index (χ2n) is 21.3. The van der Waals surface area contributed by atoms with E-state index in [0.717, 1.165) is 133 Å². The van der Waals surface area contributed by atoms with Gasteiger partial charge in [-0.1, -0.05) is 109 Å². The third-order valence-corrected chi connectivity index (χ3v) is 16.8. The predicted octanol–water partition coefficient (Wildman–Crippen LogP) is 21.4. The van der Waals surface area contributed by atoms with Gasteiger partial charge in [0, 0.05) is 100 Å². The molecule has 372 valence electrons. The average Bonchev–Trinajstić information content (AvgIpc) is 4.24. The van der Waals surface area contributed by atoms with Crippen LogP contribution in [0, 0.1) is 0 Å². The second kappa shape index (κ2) is 16.4. The maximum atomic E-state index is 6.46. The first kappa shape index (κ1) is 43.3. The summed E-state index contributed by atoms with van der Waals surface area (Å²) in [5.41, 5.74) is 17.4. The van der Waals surface area contributed by atoms with Crippen LogP contribution < -0.4 is 9.80 Å². The first-order valence-electron chi connectivity index (χ1n) is 27.2. The van der Waals surface area contributed by atoms with E-state index >= 15 is 0 Å². The van der Waals surface area contributed by atoms with Gasteiger partial charge in [0.25, 0.3) is 0 Å². The van der Waals surface area contributed by atoms with E-state index in [0.29, 0.717) is 0 Å². The Morgan fingerprint density at radius 1 is 0.225 bits per heavy atom. The molecule has 0 atom stereocenters. The van der Waals surface area contributed by atoms with Crippen LogP contribution in [-0.2, 0) is 0 Å². The summed E-state index contributed by atoms with van der Waals surface area (Å²) < 4.78 is 21.8. The van der Waals surface area contributed by atoms with E-state index in [1.807, 2.05) is 30.3 Å². The smallest absolute Gasteiger partial charge is 0.137 e. The molecule has 0 radical (unpaired) electrons. The minimum Gasteiger partial charge on any atom is -0.456 e. The molecule has 0 spiro atoms. The molecule has 80 heavy (non-hydrogen) atoms. The molecular formula is C74H43N3O3.